The van der Waals surface area contributed by atoms with E-state index in [1.165, 1.54) is 0 Å². The lowest BCUT2D eigenvalue weighted by atomic mass is 10.0. The Bertz CT molecular complexity index is 888. The van der Waals surface area contributed by atoms with Gasteiger partial charge in [-0.2, -0.15) is 23.3 Å². The molecule has 0 aliphatic rings. The predicted octanol–water partition coefficient (Wildman–Crippen LogP) is 4.09. The van der Waals surface area contributed by atoms with Crippen molar-refractivity contribution in [2.45, 2.75) is 38.9 Å². The number of anilines is 1. The molecule has 28 heavy (non-hydrogen) atoms. The number of hydrogen-bond acceptors (Lipinski definition) is 2. The van der Waals surface area contributed by atoms with Gasteiger partial charge in [0.15, 0.2) is 17.3 Å². The first-order chi connectivity index (χ1) is 12.9. The number of aromatic nitrogens is 2. The van der Waals surface area contributed by atoms with E-state index in [0.29, 0.717) is 18.6 Å². The fourth-order valence-electron chi connectivity index (χ4n) is 1.95. The summed E-state index contributed by atoms with van der Waals surface area (Å²) in [4.78, 5) is 16.0. The minimum atomic E-state index is -4.65. The van der Waals surface area contributed by atoms with Gasteiger partial charge in [0.25, 0.3) is 5.91 Å². The zero-order chi connectivity index (χ0) is 21.1. The molecule has 0 fully saturated rings. The lowest BCUT2D eigenvalue weighted by Crippen LogP contribution is -2.46. The number of halogens is 5. The number of rotatable bonds is 4. The molecule has 0 radical (unpaired) electrons. The van der Waals surface area contributed by atoms with E-state index in [4.69, 9.17) is 0 Å². The Balaban J connectivity index is 2.32. The second kappa shape index (κ2) is 7.95. The number of guanidine groups is 1. The normalized spacial score (nSPS) is 12.8. The molecule has 0 spiro atoms. The SMILES string of the molecule is CCC(C)(C)N/C(=N/C(=O)c1ccc(F)c(F)c1)Nc1cc(C(F)(F)F)n[nH]1. The summed E-state index contributed by atoms with van der Waals surface area (Å²) in [5.74, 6) is -3.61. The van der Waals surface area contributed by atoms with Crippen molar-refractivity contribution in [3.63, 3.8) is 0 Å². The molecule has 1 aromatic carbocycles. The highest BCUT2D eigenvalue weighted by atomic mass is 19.4. The van der Waals surface area contributed by atoms with Gasteiger partial charge in [0, 0.05) is 17.2 Å². The maximum absolute atomic E-state index is 13.3. The van der Waals surface area contributed by atoms with Crippen molar-refractivity contribution in [1.29, 1.82) is 0 Å². The molecule has 2 rings (SSSR count). The van der Waals surface area contributed by atoms with Crippen molar-refractivity contribution in [3.8, 4) is 0 Å². The molecule has 2 aromatic rings. The number of nitrogens with zero attached hydrogens (tertiary/aromatic N) is 2. The second-order valence-electron chi connectivity index (χ2n) is 6.55. The van der Waals surface area contributed by atoms with Crippen molar-refractivity contribution in [3.05, 3.63) is 47.2 Å². The quantitative estimate of drug-likeness (QED) is 0.408. The van der Waals surface area contributed by atoms with Crippen LogP contribution in [0.25, 0.3) is 0 Å². The van der Waals surface area contributed by atoms with E-state index in [1.54, 1.807) is 13.8 Å². The summed E-state index contributed by atoms with van der Waals surface area (Å²) in [5.41, 5.74) is -1.96. The minimum Gasteiger partial charge on any atom is -0.351 e. The van der Waals surface area contributed by atoms with Gasteiger partial charge in [0.2, 0.25) is 5.96 Å². The average molecular weight is 403 g/mol. The molecule has 1 heterocycles. The largest absolute Gasteiger partial charge is 0.435 e. The molecule has 1 aromatic heterocycles. The number of benzene rings is 1. The Morgan fingerprint density at radius 2 is 1.86 bits per heavy atom. The Hall–Kier alpha value is -2.98. The highest BCUT2D eigenvalue weighted by Gasteiger charge is 2.34. The third-order valence-electron chi connectivity index (χ3n) is 3.84. The number of aromatic amines is 1. The van der Waals surface area contributed by atoms with Crippen molar-refractivity contribution in [1.82, 2.24) is 15.5 Å². The van der Waals surface area contributed by atoms with Crippen molar-refractivity contribution in [2.24, 2.45) is 4.99 Å². The van der Waals surface area contributed by atoms with Gasteiger partial charge in [0.1, 0.15) is 5.82 Å². The summed E-state index contributed by atoms with van der Waals surface area (Å²) in [7, 11) is 0. The number of hydrogen-bond donors (Lipinski definition) is 3. The monoisotopic (exact) mass is 403 g/mol. The third kappa shape index (κ3) is 5.51. The number of carbonyl (C=O) groups is 1. The second-order valence-corrected chi connectivity index (χ2v) is 6.55. The molecule has 1 amide bonds. The molecule has 0 bridgehead atoms. The Morgan fingerprint density at radius 3 is 2.39 bits per heavy atom. The summed E-state index contributed by atoms with van der Waals surface area (Å²) < 4.78 is 64.4. The number of H-pyrrole nitrogens is 1. The van der Waals surface area contributed by atoms with Gasteiger partial charge in [-0.3, -0.25) is 9.89 Å². The number of carbonyl (C=O) groups excluding carboxylic acids is 1. The lowest BCUT2D eigenvalue weighted by molar-refractivity contribution is -0.141. The van der Waals surface area contributed by atoms with E-state index >= 15 is 0 Å². The summed E-state index contributed by atoms with van der Waals surface area (Å²) in [5, 5.41) is 10.7. The van der Waals surface area contributed by atoms with Crippen LogP contribution in [0.4, 0.5) is 27.8 Å². The molecule has 6 nitrogen and oxygen atoms in total. The predicted molar refractivity (Wildman–Crippen MR) is 92.8 cm³/mol. The van der Waals surface area contributed by atoms with Crippen LogP contribution < -0.4 is 10.6 Å². The molecule has 11 heteroatoms. The van der Waals surface area contributed by atoms with Crippen LogP contribution in [0.5, 0.6) is 0 Å². The standard InChI is InChI=1S/C17H18F5N5O/c1-4-16(2,3)25-15(23-13-8-12(26-27-13)17(20,21)22)24-14(28)9-5-6-10(18)11(19)7-9/h5-8H,4H2,1-3H3,(H3,23,24,25,26,27,28). The van der Waals surface area contributed by atoms with E-state index in [9.17, 15) is 26.7 Å². The van der Waals surface area contributed by atoms with Gasteiger partial charge in [-0.1, -0.05) is 6.92 Å². The molecule has 0 saturated carbocycles. The molecule has 0 aliphatic carbocycles. The molecular weight excluding hydrogens is 385 g/mol. The topological polar surface area (TPSA) is 82.2 Å². The highest BCUT2D eigenvalue weighted by molar-refractivity contribution is 6.06. The Morgan fingerprint density at radius 1 is 1.18 bits per heavy atom. The minimum absolute atomic E-state index is 0.163. The maximum Gasteiger partial charge on any atom is 0.435 e. The highest BCUT2D eigenvalue weighted by Crippen LogP contribution is 2.28. The van der Waals surface area contributed by atoms with Gasteiger partial charge >= 0.3 is 6.18 Å². The van der Waals surface area contributed by atoms with Crippen molar-refractivity contribution < 1.29 is 26.7 Å². The van der Waals surface area contributed by atoms with E-state index in [2.05, 4.69) is 25.8 Å². The van der Waals surface area contributed by atoms with Crippen LogP contribution >= 0.6 is 0 Å². The van der Waals surface area contributed by atoms with Gasteiger partial charge in [-0.05, 0) is 38.5 Å². The van der Waals surface area contributed by atoms with Gasteiger partial charge in [0.05, 0.1) is 0 Å². The average Bonchev–Trinajstić information content (AvgIpc) is 3.05. The third-order valence-corrected chi connectivity index (χ3v) is 3.84. The number of nitrogens with one attached hydrogen (secondary N) is 3. The first-order valence-corrected chi connectivity index (χ1v) is 8.17. The van der Waals surface area contributed by atoms with Crippen LogP contribution in [0.3, 0.4) is 0 Å². The fourth-order valence-corrected chi connectivity index (χ4v) is 1.95. The molecule has 0 atom stereocenters. The van der Waals surface area contributed by atoms with Crippen LogP contribution in [-0.4, -0.2) is 27.6 Å². The summed E-state index contributed by atoms with van der Waals surface area (Å²) >= 11 is 0. The Labute approximate surface area is 157 Å². The van der Waals surface area contributed by atoms with Gasteiger partial charge < -0.3 is 10.6 Å². The smallest absolute Gasteiger partial charge is 0.351 e. The van der Waals surface area contributed by atoms with E-state index < -0.39 is 35.0 Å². The van der Waals surface area contributed by atoms with Crippen LogP contribution in [0.2, 0.25) is 0 Å². The van der Waals surface area contributed by atoms with E-state index in [-0.39, 0.29) is 17.3 Å². The number of aliphatic imine (C=N–C) groups is 1. The Kier molecular flexibility index (Phi) is 6.05. The number of alkyl halides is 3. The first-order valence-electron chi connectivity index (χ1n) is 8.17. The summed E-state index contributed by atoms with van der Waals surface area (Å²) in [6.07, 6.45) is -4.06. The fraction of sp³-hybridized carbons (Fsp3) is 0.353. The molecule has 0 aliphatic heterocycles. The molecule has 152 valence electrons. The lowest BCUT2D eigenvalue weighted by Gasteiger charge is -2.26. The van der Waals surface area contributed by atoms with Gasteiger partial charge in [-0.15, -0.1) is 0 Å². The zero-order valence-corrected chi connectivity index (χ0v) is 15.2. The summed E-state index contributed by atoms with van der Waals surface area (Å²) in [6.45, 7) is 5.40. The molecule has 0 saturated heterocycles. The first kappa shape index (κ1) is 21.3. The molecular formula is C17H18F5N5O. The zero-order valence-electron chi connectivity index (χ0n) is 15.2. The van der Waals surface area contributed by atoms with E-state index in [1.807, 2.05) is 6.92 Å². The van der Waals surface area contributed by atoms with Crippen LogP contribution in [-0.2, 0) is 6.18 Å². The van der Waals surface area contributed by atoms with Crippen LogP contribution in [0, 0.1) is 11.6 Å². The molecule has 3 N–H and O–H groups in total. The van der Waals surface area contributed by atoms with Crippen molar-refractivity contribution in [2.75, 3.05) is 5.32 Å². The van der Waals surface area contributed by atoms with Crippen molar-refractivity contribution >= 4 is 17.7 Å². The molecule has 0 unspecified atom stereocenters. The maximum atomic E-state index is 13.3. The number of amides is 1. The van der Waals surface area contributed by atoms with Crippen LogP contribution in [0.1, 0.15) is 43.2 Å². The van der Waals surface area contributed by atoms with E-state index in [0.717, 1.165) is 12.1 Å². The summed E-state index contributed by atoms with van der Waals surface area (Å²) in [6, 6.07) is 3.21. The van der Waals surface area contributed by atoms with Crippen LogP contribution in [0.15, 0.2) is 29.3 Å². The van der Waals surface area contributed by atoms with Gasteiger partial charge in [-0.25, -0.2) is 8.78 Å².